The van der Waals surface area contributed by atoms with Crippen LogP contribution in [0.4, 0.5) is 11.6 Å². The summed E-state index contributed by atoms with van der Waals surface area (Å²) in [6.45, 7) is 0.765. The summed E-state index contributed by atoms with van der Waals surface area (Å²) in [7, 11) is 3.83. The maximum absolute atomic E-state index is 4.30. The molecule has 0 aliphatic rings. The van der Waals surface area contributed by atoms with Gasteiger partial charge in [0.1, 0.15) is 22.4 Å². The second-order valence-electron chi connectivity index (χ2n) is 3.82. The molecule has 0 aromatic carbocycles. The molecule has 94 valence electrons. The van der Waals surface area contributed by atoms with Gasteiger partial charge in [-0.15, -0.1) is 0 Å². The average Bonchev–Trinajstić information content (AvgIpc) is 2.40. The van der Waals surface area contributed by atoms with Crippen molar-refractivity contribution in [2.75, 3.05) is 24.3 Å². The molecular formula is C12H14BrN5. The first-order valence-electron chi connectivity index (χ1n) is 5.50. The smallest absolute Gasteiger partial charge is 0.148 e. The van der Waals surface area contributed by atoms with Gasteiger partial charge in [-0.05, 0) is 33.6 Å². The predicted octanol–water partition coefficient (Wildman–Crippen LogP) is 2.31. The molecule has 2 aromatic rings. The molecule has 0 fully saturated rings. The second-order valence-corrected chi connectivity index (χ2v) is 4.61. The van der Waals surface area contributed by atoms with Crippen LogP contribution in [0, 0.1) is 0 Å². The Hall–Kier alpha value is -1.69. The molecule has 2 rings (SSSR count). The van der Waals surface area contributed by atoms with Gasteiger partial charge < -0.3 is 10.2 Å². The first-order valence-corrected chi connectivity index (χ1v) is 6.30. The third-order valence-electron chi connectivity index (χ3n) is 2.54. The van der Waals surface area contributed by atoms with Crippen molar-refractivity contribution in [1.82, 2.24) is 15.0 Å². The SMILES string of the molecule is CNc1ncnc(N(C)Cc2ccncc2)c1Br. The monoisotopic (exact) mass is 307 g/mol. The third-order valence-corrected chi connectivity index (χ3v) is 3.27. The van der Waals surface area contributed by atoms with Gasteiger partial charge in [-0.3, -0.25) is 4.98 Å². The molecule has 0 spiro atoms. The van der Waals surface area contributed by atoms with E-state index in [4.69, 9.17) is 0 Å². The number of nitrogens with one attached hydrogen (secondary N) is 1. The minimum Gasteiger partial charge on any atom is -0.372 e. The maximum atomic E-state index is 4.30. The number of pyridine rings is 1. The summed E-state index contributed by atoms with van der Waals surface area (Å²) in [6, 6.07) is 3.98. The van der Waals surface area contributed by atoms with E-state index >= 15 is 0 Å². The highest BCUT2D eigenvalue weighted by molar-refractivity contribution is 9.10. The molecule has 2 heterocycles. The molecule has 0 aliphatic carbocycles. The Morgan fingerprint density at radius 3 is 2.67 bits per heavy atom. The van der Waals surface area contributed by atoms with E-state index in [0.29, 0.717) is 0 Å². The van der Waals surface area contributed by atoms with E-state index in [1.54, 1.807) is 18.7 Å². The highest BCUT2D eigenvalue weighted by atomic mass is 79.9. The number of hydrogen-bond donors (Lipinski definition) is 1. The number of aromatic nitrogens is 3. The predicted molar refractivity (Wildman–Crippen MR) is 75.6 cm³/mol. The number of hydrogen-bond acceptors (Lipinski definition) is 5. The fourth-order valence-corrected chi connectivity index (χ4v) is 2.34. The molecule has 0 unspecified atom stereocenters. The van der Waals surface area contributed by atoms with Crippen LogP contribution in [-0.4, -0.2) is 29.0 Å². The van der Waals surface area contributed by atoms with Crippen molar-refractivity contribution in [3.63, 3.8) is 0 Å². The lowest BCUT2D eigenvalue weighted by Gasteiger charge is -2.20. The number of rotatable bonds is 4. The van der Waals surface area contributed by atoms with Gasteiger partial charge in [0.05, 0.1) is 0 Å². The third kappa shape index (κ3) is 2.76. The van der Waals surface area contributed by atoms with E-state index in [0.717, 1.165) is 22.7 Å². The largest absolute Gasteiger partial charge is 0.372 e. The van der Waals surface area contributed by atoms with E-state index in [1.807, 2.05) is 26.2 Å². The molecule has 0 saturated heterocycles. The van der Waals surface area contributed by atoms with Crippen LogP contribution >= 0.6 is 15.9 Å². The van der Waals surface area contributed by atoms with Gasteiger partial charge in [0.15, 0.2) is 0 Å². The molecular weight excluding hydrogens is 294 g/mol. The lowest BCUT2D eigenvalue weighted by atomic mass is 10.2. The number of halogens is 1. The van der Waals surface area contributed by atoms with Crippen molar-refractivity contribution in [2.45, 2.75) is 6.54 Å². The minimum atomic E-state index is 0.765. The zero-order valence-corrected chi connectivity index (χ0v) is 11.8. The summed E-state index contributed by atoms with van der Waals surface area (Å²) in [5.74, 6) is 1.63. The lowest BCUT2D eigenvalue weighted by molar-refractivity contribution is 0.884. The highest BCUT2D eigenvalue weighted by Crippen LogP contribution is 2.29. The summed E-state index contributed by atoms with van der Waals surface area (Å²) in [5.41, 5.74) is 1.18. The molecule has 6 heteroatoms. The number of anilines is 2. The molecule has 18 heavy (non-hydrogen) atoms. The molecule has 0 saturated carbocycles. The summed E-state index contributed by atoms with van der Waals surface area (Å²) in [5, 5.41) is 3.02. The summed E-state index contributed by atoms with van der Waals surface area (Å²) in [4.78, 5) is 14.5. The van der Waals surface area contributed by atoms with Crippen molar-refractivity contribution < 1.29 is 0 Å². The first kappa shape index (κ1) is 12.8. The highest BCUT2D eigenvalue weighted by Gasteiger charge is 2.11. The van der Waals surface area contributed by atoms with Gasteiger partial charge in [-0.2, -0.15) is 0 Å². The van der Waals surface area contributed by atoms with Crippen molar-refractivity contribution in [3.8, 4) is 0 Å². The van der Waals surface area contributed by atoms with E-state index in [2.05, 4.69) is 41.1 Å². The average molecular weight is 308 g/mol. The van der Waals surface area contributed by atoms with Gasteiger partial charge in [0, 0.05) is 33.0 Å². The molecule has 0 aliphatic heterocycles. The summed E-state index contributed by atoms with van der Waals surface area (Å²) >= 11 is 3.51. The standard InChI is InChI=1S/C12H14BrN5/c1-14-11-10(13)12(17-8-16-11)18(2)7-9-3-5-15-6-4-9/h3-6,8H,7H2,1-2H3,(H,14,16,17). The zero-order chi connectivity index (χ0) is 13.0. The molecule has 0 bridgehead atoms. The Morgan fingerprint density at radius 2 is 2.00 bits per heavy atom. The topological polar surface area (TPSA) is 53.9 Å². The summed E-state index contributed by atoms with van der Waals surface area (Å²) < 4.78 is 0.865. The quantitative estimate of drug-likeness (QED) is 0.939. The number of nitrogens with zero attached hydrogens (tertiary/aromatic N) is 4. The van der Waals surface area contributed by atoms with E-state index in [-0.39, 0.29) is 0 Å². The molecule has 0 radical (unpaired) electrons. The zero-order valence-electron chi connectivity index (χ0n) is 10.3. The van der Waals surface area contributed by atoms with E-state index in [1.165, 1.54) is 5.56 Å². The van der Waals surface area contributed by atoms with Gasteiger partial charge in [-0.25, -0.2) is 9.97 Å². The lowest BCUT2D eigenvalue weighted by Crippen LogP contribution is -2.18. The van der Waals surface area contributed by atoms with Gasteiger partial charge in [0.2, 0.25) is 0 Å². The van der Waals surface area contributed by atoms with Crippen molar-refractivity contribution in [3.05, 3.63) is 40.9 Å². The van der Waals surface area contributed by atoms with Crippen LogP contribution in [0.25, 0.3) is 0 Å². The van der Waals surface area contributed by atoms with Crippen LogP contribution in [0.15, 0.2) is 35.3 Å². The first-order chi connectivity index (χ1) is 8.72. The molecule has 0 amide bonds. The van der Waals surface area contributed by atoms with Crippen LogP contribution in [0.3, 0.4) is 0 Å². The maximum Gasteiger partial charge on any atom is 0.148 e. The van der Waals surface area contributed by atoms with Gasteiger partial charge >= 0.3 is 0 Å². The van der Waals surface area contributed by atoms with Crippen molar-refractivity contribution in [1.29, 1.82) is 0 Å². The van der Waals surface area contributed by atoms with Crippen LogP contribution in [0.5, 0.6) is 0 Å². The molecule has 2 aromatic heterocycles. The molecule has 5 nitrogen and oxygen atoms in total. The fraction of sp³-hybridized carbons (Fsp3) is 0.250. The Bertz CT molecular complexity index is 517. The Labute approximate surface area is 114 Å². The normalized spacial score (nSPS) is 10.2. The van der Waals surface area contributed by atoms with Crippen LogP contribution in [0.1, 0.15) is 5.56 Å². The summed E-state index contributed by atoms with van der Waals surface area (Å²) in [6.07, 6.45) is 5.13. The van der Waals surface area contributed by atoms with Crippen molar-refractivity contribution in [2.24, 2.45) is 0 Å². The van der Waals surface area contributed by atoms with Crippen LogP contribution in [0.2, 0.25) is 0 Å². The Balaban J connectivity index is 2.21. The Kier molecular flexibility index (Phi) is 4.09. The fourth-order valence-electron chi connectivity index (χ4n) is 1.64. The molecule has 1 N–H and O–H groups in total. The van der Waals surface area contributed by atoms with Gasteiger partial charge in [-0.1, -0.05) is 0 Å². The van der Waals surface area contributed by atoms with Crippen LogP contribution < -0.4 is 10.2 Å². The minimum absolute atomic E-state index is 0.765. The second kappa shape index (κ2) is 5.77. The van der Waals surface area contributed by atoms with E-state index < -0.39 is 0 Å². The Morgan fingerprint density at radius 1 is 1.28 bits per heavy atom. The molecule has 0 atom stereocenters. The van der Waals surface area contributed by atoms with Crippen LogP contribution in [-0.2, 0) is 6.54 Å². The van der Waals surface area contributed by atoms with E-state index in [9.17, 15) is 0 Å². The van der Waals surface area contributed by atoms with Crippen molar-refractivity contribution >= 4 is 27.6 Å². The van der Waals surface area contributed by atoms with Gasteiger partial charge in [0.25, 0.3) is 0 Å².